The third-order valence-corrected chi connectivity index (χ3v) is 1.21. The maximum absolute atomic E-state index is 8.73. The average Bonchev–Trinajstić information content (AvgIpc) is 1.64. The fraction of sp³-hybridized carbons (Fsp3) is 0. The van der Waals surface area contributed by atoms with E-state index < -0.39 is 0 Å². The molecule has 0 saturated carbocycles. The molecule has 0 aliphatic heterocycles. The monoisotopic (exact) mass is 174 g/mol. The van der Waals surface area contributed by atoms with Gasteiger partial charge in [0.2, 0.25) is 4.60 Å². The van der Waals surface area contributed by atoms with Crippen molar-refractivity contribution in [2.45, 2.75) is 0 Å². The minimum Gasteiger partial charge on any atom is -0.460 e. The Bertz CT molecular complexity index is 172. The number of hydrogen-bond acceptors (Lipinski definition) is 1. The zero-order valence-electron chi connectivity index (χ0n) is 4.06. The van der Waals surface area contributed by atoms with Crippen LogP contribution in [0.1, 0.15) is 0 Å². The summed E-state index contributed by atoms with van der Waals surface area (Å²) in [6.07, 6.45) is 0. The van der Waals surface area contributed by atoms with E-state index in [1.165, 1.54) is 0 Å². The Hall–Kier alpha value is -0.570. The van der Waals surface area contributed by atoms with Crippen molar-refractivity contribution in [2.24, 2.45) is 0 Å². The minimum atomic E-state index is 0.166. The van der Waals surface area contributed by atoms with Gasteiger partial charge in [0.15, 0.2) is 0 Å². The second kappa shape index (κ2) is 2.13. The maximum atomic E-state index is 8.73. The Kier molecular flexibility index (Phi) is 1.48. The number of nitrogens with one attached hydrogen (secondary N) is 1. The molecule has 0 aromatic carbocycles. The zero-order chi connectivity index (χ0) is 5.98. The summed E-state index contributed by atoms with van der Waals surface area (Å²) in [5, 5.41) is 8.73. The number of aromatic hydroxyl groups is 1. The summed E-state index contributed by atoms with van der Waals surface area (Å²) in [4.78, 5) is 2.64. The molecule has 0 fully saturated rings. The van der Waals surface area contributed by atoms with Gasteiger partial charge in [-0.1, -0.05) is 0 Å². The number of hydrogen-bond donors (Lipinski definition) is 1. The molecular weight excluding hydrogens is 170 g/mol. The molecule has 0 radical (unpaired) electrons. The van der Waals surface area contributed by atoms with Crippen LogP contribution < -0.4 is 4.98 Å². The summed E-state index contributed by atoms with van der Waals surface area (Å²) >= 11 is 3.15. The molecule has 42 valence electrons. The molecule has 0 aliphatic rings. The highest BCUT2D eigenvalue weighted by atomic mass is 79.9. The molecule has 0 bridgehead atoms. The maximum Gasteiger partial charge on any atom is 0.364 e. The van der Waals surface area contributed by atoms with Crippen molar-refractivity contribution >= 4 is 15.9 Å². The van der Waals surface area contributed by atoms with Crippen LogP contribution in [-0.2, 0) is 0 Å². The molecule has 1 aromatic rings. The van der Waals surface area contributed by atoms with Crippen molar-refractivity contribution in [1.82, 2.24) is 0 Å². The van der Waals surface area contributed by atoms with Crippen molar-refractivity contribution in [1.29, 1.82) is 0 Å². The number of H-pyrrole nitrogens is 1. The van der Waals surface area contributed by atoms with Crippen molar-refractivity contribution in [3.8, 4) is 5.88 Å². The van der Waals surface area contributed by atoms with Crippen LogP contribution >= 0.6 is 15.9 Å². The lowest BCUT2D eigenvalue weighted by atomic mass is 10.5. The topological polar surface area (TPSA) is 34.4 Å². The number of halogens is 1. The molecule has 8 heavy (non-hydrogen) atoms. The van der Waals surface area contributed by atoms with Crippen LogP contribution in [0.2, 0.25) is 0 Å². The van der Waals surface area contributed by atoms with Gasteiger partial charge in [0.25, 0.3) is 0 Å². The van der Waals surface area contributed by atoms with E-state index in [0.717, 1.165) is 4.60 Å². The Labute approximate surface area is 55.3 Å². The van der Waals surface area contributed by atoms with Gasteiger partial charge in [-0.25, -0.2) is 0 Å². The largest absolute Gasteiger partial charge is 0.460 e. The molecule has 2 N–H and O–H groups in total. The summed E-state index contributed by atoms with van der Waals surface area (Å²) in [6.45, 7) is 0. The number of aromatic amines is 1. The number of aromatic nitrogens is 1. The number of pyridine rings is 1. The van der Waals surface area contributed by atoms with Crippen molar-refractivity contribution in [3.63, 3.8) is 0 Å². The lowest BCUT2D eigenvalue weighted by Crippen LogP contribution is -2.01. The summed E-state index contributed by atoms with van der Waals surface area (Å²) in [7, 11) is 0. The van der Waals surface area contributed by atoms with Gasteiger partial charge in [-0.05, 0) is 6.07 Å². The predicted octanol–water partition coefficient (Wildman–Crippen LogP) is 0.969. The zero-order valence-corrected chi connectivity index (χ0v) is 5.64. The first-order valence-electron chi connectivity index (χ1n) is 2.16. The van der Waals surface area contributed by atoms with Crippen molar-refractivity contribution in [3.05, 3.63) is 22.8 Å². The van der Waals surface area contributed by atoms with Gasteiger partial charge in [0, 0.05) is 22.0 Å². The Balaban J connectivity index is 3.08. The Morgan fingerprint density at radius 1 is 1.50 bits per heavy atom. The van der Waals surface area contributed by atoms with E-state index in [0.29, 0.717) is 0 Å². The fourth-order valence-corrected chi connectivity index (χ4v) is 0.785. The van der Waals surface area contributed by atoms with Gasteiger partial charge in [0.1, 0.15) is 0 Å². The highest BCUT2D eigenvalue weighted by Gasteiger charge is 1.95. The van der Waals surface area contributed by atoms with Crippen LogP contribution in [0.5, 0.6) is 5.88 Å². The predicted molar refractivity (Wildman–Crippen MR) is 32.4 cm³/mol. The van der Waals surface area contributed by atoms with Gasteiger partial charge >= 0.3 is 5.88 Å². The van der Waals surface area contributed by atoms with E-state index in [4.69, 9.17) is 5.11 Å². The lowest BCUT2D eigenvalue weighted by molar-refractivity contribution is -0.407. The van der Waals surface area contributed by atoms with E-state index in [1.54, 1.807) is 18.2 Å². The minimum absolute atomic E-state index is 0.166. The first kappa shape index (κ1) is 5.56. The van der Waals surface area contributed by atoms with E-state index in [-0.39, 0.29) is 5.88 Å². The van der Waals surface area contributed by atoms with Crippen LogP contribution in [0.25, 0.3) is 0 Å². The summed E-state index contributed by atoms with van der Waals surface area (Å²) in [5.41, 5.74) is 0. The molecular formula is C5H5BrNO+. The van der Waals surface area contributed by atoms with Crippen LogP contribution in [0.15, 0.2) is 22.8 Å². The van der Waals surface area contributed by atoms with Crippen LogP contribution in [-0.4, -0.2) is 5.11 Å². The van der Waals surface area contributed by atoms with Gasteiger partial charge in [-0.3, -0.25) is 0 Å². The Morgan fingerprint density at radius 2 is 2.25 bits per heavy atom. The highest BCUT2D eigenvalue weighted by molar-refractivity contribution is 9.10. The number of rotatable bonds is 0. The van der Waals surface area contributed by atoms with Gasteiger partial charge in [0.05, 0.1) is 6.07 Å². The molecule has 0 atom stereocenters. The molecule has 0 aliphatic carbocycles. The molecule has 3 heteroatoms. The second-order valence-corrected chi connectivity index (χ2v) is 2.24. The SMILES string of the molecule is Oc1cccc(Br)[nH+]1. The molecule has 1 aromatic heterocycles. The standard InChI is InChI=1S/C5H4BrNO/c6-4-2-1-3-5(8)7-4/h1-3H,(H,7,8)/p+1. The lowest BCUT2D eigenvalue weighted by Gasteiger charge is -1.79. The highest BCUT2D eigenvalue weighted by Crippen LogP contribution is 2.03. The normalized spacial score (nSPS) is 9.12. The second-order valence-electron chi connectivity index (χ2n) is 1.38. The van der Waals surface area contributed by atoms with E-state index in [1.807, 2.05) is 0 Å². The molecule has 2 nitrogen and oxygen atoms in total. The van der Waals surface area contributed by atoms with E-state index >= 15 is 0 Å². The third kappa shape index (κ3) is 1.20. The van der Waals surface area contributed by atoms with Gasteiger partial charge in [-0.15, -0.1) is 0 Å². The smallest absolute Gasteiger partial charge is 0.364 e. The quantitative estimate of drug-likeness (QED) is 0.585. The summed E-state index contributed by atoms with van der Waals surface area (Å²) < 4.78 is 0.775. The fourth-order valence-electron chi connectivity index (χ4n) is 0.429. The summed E-state index contributed by atoms with van der Waals surface area (Å²) in [6, 6.07) is 5.13. The Morgan fingerprint density at radius 3 is 2.62 bits per heavy atom. The molecule has 0 amide bonds. The van der Waals surface area contributed by atoms with E-state index in [2.05, 4.69) is 20.9 Å². The van der Waals surface area contributed by atoms with Crippen molar-refractivity contribution in [2.75, 3.05) is 0 Å². The van der Waals surface area contributed by atoms with E-state index in [9.17, 15) is 0 Å². The molecule has 0 spiro atoms. The van der Waals surface area contributed by atoms with Gasteiger partial charge in [-0.2, -0.15) is 4.98 Å². The first-order valence-corrected chi connectivity index (χ1v) is 2.95. The van der Waals surface area contributed by atoms with Gasteiger partial charge < -0.3 is 5.11 Å². The molecule has 0 saturated heterocycles. The average molecular weight is 175 g/mol. The molecule has 1 rings (SSSR count). The van der Waals surface area contributed by atoms with Crippen LogP contribution in [0, 0.1) is 0 Å². The summed E-state index contributed by atoms with van der Waals surface area (Å²) in [5.74, 6) is 0.166. The molecule has 0 unspecified atom stereocenters. The van der Waals surface area contributed by atoms with Crippen LogP contribution in [0.3, 0.4) is 0 Å². The first-order chi connectivity index (χ1) is 3.79. The third-order valence-electron chi connectivity index (χ3n) is 0.744. The molecule has 1 heterocycles. The van der Waals surface area contributed by atoms with Crippen LogP contribution in [0.4, 0.5) is 0 Å². The van der Waals surface area contributed by atoms with Crippen molar-refractivity contribution < 1.29 is 10.1 Å².